The molecule has 3 N–H and O–H groups in total. The molecule has 1 heterocycles. The van der Waals surface area contributed by atoms with Gasteiger partial charge in [-0.3, -0.25) is 10.1 Å². The first kappa shape index (κ1) is 33.4. The monoisotopic (exact) mass is 625 g/mol. The molecule has 0 amide bonds. The number of nitro groups is 1. The van der Waals surface area contributed by atoms with Crippen LogP contribution in [0.25, 0.3) is 0 Å². The molecule has 11 nitrogen and oxygen atoms in total. The molecule has 1 aliphatic heterocycles. The molecule has 1 fully saturated rings. The van der Waals surface area contributed by atoms with Crippen molar-refractivity contribution in [1.82, 2.24) is 0 Å². The highest BCUT2D eigenvalue weighted by molar-refractivity contribution is 7.99. The first-order chi connectivity index (χ1) is 17.1. The highest BCUT2D eigenvalue weighted by Crippen LogP contribution is 2.37. The number of primary sulfonamides is 1. The van der Waals surface area contributed by atoms with Crippen LogP contribution in [0.3, 0.4) is 0 Å². The molecule has 0 saturated carbocycles. The molecule has 0 bridgehead atoms. The third kappa shape index (κ3) is 9.97. The van der Waals surface area contributed by atoms with Crippen molar-refractivity contribution in [1.29, 1.82) is 0 Å². The van der Waals surface area contributed by atoms with E-state index in [9.17, 15) is 18.5 Å². The summed E-state index contributed by atoms with van der Waals surface area (Å²) in [4.78, 5) is 10.8. The largest absolute Gasteiger partial charge is 0.409 e. The number of nitro benzene ring substituents is 1. The summed E-state index contributed by atoms with van der Waals surface area (Å²) >= 11 is 1.53. The Morgan fingerprint density at radius 1 is 0.974 bits per heavy atom. The van der Waals surface area contributed by atoms with Gasteiger partial charge in [0.05, 0.1) is 9.82 Å². The molecule has 0 aliphatic carbocycles. The van der Waals surface area contributed by atoms with E-state index in [0.717, 1.165) is 6.07 Å². The average Bonchev–Trinajstić information content (AvgIpc) is 2.71. The van der Waals surface area contributed by atoms with Crippen molar-refractivity contribution in [2.75, 3.05) is 18.1 Å². The molecular weight excluding hydrogens is 583 g/mol. The first-order valence-corrected chi connectivity index (χ1v) is 25.4. The van der Waals surface area contributed by atoms with Crippen LogP contribution >= 0.6 is 11.8 Å². The number of hydrogen-bond acceptors (Lipinski definition) is 10. The van der Waals surface area contributed by atoms with Gasteiger partial charge >= 0.3 is 0 Å². The Kier molecular flexibility index (Phi) is 10.9. The van der Waals surface area contributed by atoms with Gasteiger partial charge in [0.2, 0.25) is 10.0 Å². The number of nitrogens with zero attached hydrogens (tertiary/aromatic N) is 1. The number of hydrogen-bond donors (Lipinski definition) is 2. The number of ether oxygens (including phenoxy) is 1. The Morgan fingerprint density at radius 3 is 1.92 bits per heavy atom. The molecule has 0 aromatic heterocycles. The summed E-state index contributed by atoms with van der Waals surface area (Å²) in [5, 5.41) is 20.0. The Hall–Kier alpha value is -0.829. The van der Waals surface area contributed by atoms with Gasteiger partial charge in [0.25, 0.3) is 5.69 Å². The molecule has 1 aromatic carbocycles. The molecular formula is C22H43N3O8S2Si3. The van der Waals surface area contributed by atoms with Crippen molar-refractivity contribution in [3.63, 3.8) is 0 Å². The second-order valence-corrected chi connectivity index (χ2v) is 28.1. The van der Waals surface area contributed by atoms with Crippen LogP contribution in [-0.4, -0.2) is 80.9 Å². The normalized spacial score (nSPS) is 25.3. The lowest BCUT2D eigenvalue weighted by atomic mass is 9.99. The fourth-order valence-corrected chi connectivity index (χ4v) is 8.68. The molecule has 0 unspecified atom stereocenters. The zero-order valence-corrected chi connectivity index (χ0v) is 28.6. The number of sulfonamides is 1. The van der Waals surface area contributed by atoms with Gasteiger partial charge < -0.3 is 23.3 Å². The van der Waals surface area contributed by atoms with E-state index < -0.39 is 63.9 Å². The quantitative estimate of drug-likeness (QED) is 0.194. The average molecular weight is 626 g/mol. The van der Waals surface area contributed by atoms with E-state index in [1.165, 1.54) is 23.9 Å². The minimum Gasteiger partial charge on any atom is -0.409 e. The lowest BCUT2D eigenvalue weighted by Gasteiger charge is -2.50. The van der Waals surface area contributed by atoms with Crippen molar-refractivity contribution >= 4 is 58.1 Å². The second-order valence-electron chi connectivity index (χ2n) is 12.2. The summed E-state index contributed by atoms with van der Waals surface area (Å²) in [6.45, 7) is 19.2. The number of nitrogens with one attached hydrogen (secondary N) is 1. The van der Waals surface area contributed by atoms with Crippen LogP contribution in [0.15, 0.2) is 23.1 Å². The summed E-state index contributed by atoms with van der Waals surface area (Å²) in [6.07, 6.45) is 0.229. The fraction of sp³-hybridized carbons (Fsp3) is 0.727. The summed E-state index contributed by atoms with van der Waals surface area (Å²) < 4.78 is 50.1. The minimum atomic E-state index is -4.10. The van der Waals surface area contributed by atoms with Gasteiger partial charge in [-0.25, -0.2) is 13.6 Å². The molecule has 16 heteroatoms. The Labute approximate surface area is 234 Å². The van der Waals surface area contributed by atoms with Gasteiger partial charge in [-0.15, -0.1) is 11.8 Å². The van der Waals surface area contributed by atoms with Crippen LogP contribution in [0.4, 0.5) is 11.4 Å². The lowest BCUT2D eigenvalue weighted by molar-refractivity contribution is -0.384. The number of rotatable bonds is 12. The van der Waals surface area contributed by atoms with E-state index in [1.54, 1.807) is 0 Å². The van der Waals surface area contributed by atoms with Gasteiger partial charge in [-0.2, -0.15) is 0 Å². The molecule has 0 radical (unpaired) electrons. The summed E-state index contributed by atoms with van der Waals surface area (Å²) in [7, 11) is -10.2. The molecule has 1 aromatic rings. The van der Waals surface area contributed by atoms with Gasteiger partial charge in [0.1, 0.15) is 35.5 Å². The molecule has 1 aliphatic rings. The number of thioether (sulfide) groups is 1. The van der Waals surface area contributed by atoms with Gasteiger partial charge in [0.15, 0.2) is 25.0 Å². The number of nitrogens with two attached hydrogens (primary N) is 1. The molecule has 38 heavy (non-hydrogen) atoms. The predicted molar refractivity (Wildman–Crippen MR) is 160 cm³/mol. The zero-order valence-electron chi connectivity index (χ0n) is 23.9. The highest BCUT2D eigenvalue weighted by Gasteiger charge is 2.51. The minimum absolute atomic E-state index is 0.154. The van der Waals surface area contributed by atoms with Gasteiger partial charge in [-0.05, 0) is 77.3 Å². The molecule has 1 saturated heterocycles. The standard InChI is InChI=1S/C22H43N3O8S2Si3/c1-34-22-21(33-38(8,9)10)20(32-37(5,6)7)19(31-36(2,3)4)18(30-22)14-24-16-12-11-15(35(23,28)29)13-17(16)25(26)27/h11-13,18-22,24H,14H2,1-10H3,(H2,23,28,29)/t18-,19-,20+,21-,22-/m1/s1. The molecule has 5 atom stereocenters. The van der Waals surface area contributed by atoms with E-state index in [4.69, 9.17) is 23.2 Å². The summed E-state index contributed by atoms with van der Waals surface area (Å²) in [5.74, 6) is 0. The second kappa shape index (κ2) is 12.4. The fourth-order valence-electron chi connectivity index (χ4n) is 4.06. The molecule has 0 spiro atoms. The van der Waals surface area contributed by atoms with Gasteiger partial charge in [-0.1, -0.05) is 0 Å². The molecule has 218 valence electrons. The van der Waals surface area contributed by atoms with Crippen LogP contribution in [0, 0.1) is 10.1 Å². The summed E-state index contributed by atoms with van der Waals surface area (Å²) in [5.41, 5.74) is -0.580. The third-order valence-electron chi connectivity index (χ3n) is 5.28. The SMILES string of the molecule is CS[C@H]1O[C@H](CNc2ccc(S(N)(=O)=O)cc2[N+](=O)[O-])[C@@H](O[Si](C)(C)C)[C@H](O[Si](C)(C)C)[C@H]1O[Si](C)(C)C. The first-order valence-electron chi connectivity index (χ1n) is 12.4. The Bertz CT molecular complexity index is 1090. The van der Waals surface area contributed by atoms with Gasteiger partial charge in [0, 0.05) is 12.6 Å². The van der Waals surface area contributed by atoms with Crippen molar-refractivity contribution < 1.29 is 31.4 Å². The number of anilines is 1. The smallest absolute Gasteiger partial charge is 0.293 e. The van der Waals surface area contributed by atoms with Crippen molar-refractivity contribution in [2.24, 2.45) is 5.14 Å². The van der Waals surface area contributed by atoms with Crippen molar-refractivity contribution in [2.45, 2.75) is 93.7 Å². The zero-order chi connectivity index (χ0) is 29.3. The maximum absolute atomic E-state index is 11.7. The van der Waals surface area contributed by atoms with Crippen LogP contribution in [0.5, 0.6) is 0 Å². The number of benzene rings is 1. The van der Waals surface area contributed by atoms with Crippen LogP contribution in [-0.2, 0) is 28.0 Å². The Morgan fingerprint density at radius 2 is 1.47 bits per heavy atom. The lowest BCUT2D eigenvalue weighted by Crippen LogP contribution is -2.65. The topological polar surface area (TPSA) is 152 Å². The maximum Gasteiger partial charge on any atom is 0.293 e. The van der Waals surface area contributed by atoms with Crippen molar-refractivity contribution in [3.05, 3.63) is 28.3 Å². The Balaban J connectivity index is 2.50. The summed E-state index contributed by atoms with van der Waals surface area (Å²) in [6, 6.07) is 3.53. The molecule has 2 rings (SSSR count). The van der Waals surface area contributed by atoms with E-state index in [2.05, 4.69) is 64.2 Å². The van der Waals surface area contributed by atoms with Crippen LogP contribution in [0.2, 0.25) is 58.9 Å². The van der Waals surface area contributed by atoms with E-state index in [1.807, 2.05) is 6.26 Å². The van der Waals surface area contributed by atoms with E-state index in [0.29, 0.717) is 0 Å². The van der Waals surface area contributed by atoms with E-state index in [-0.39, 0.29) is 28.7 Å². The maximum atomic E-state index is 11.7. The van der Waals surface area contributed by atoms with Crippen LogP contribution in [0.1, 0.15) is 0 Å². The van der Waals surface area contributed by atoms with Crippen LogP contribution < -0.4 is 10.5 Å². The highest BCUT2D eigenvalue weighted by atomic mass is 32.2. The van der Waals surface area contributed by atoms with E-state index >= 15 is 0 Å². The van der Waals surface area contributed by atoms with Crippen molar-refractivity contribution in [3.8, 4) is 0 Å². The third-order valence-corrected chi connectivity index (χ3v) is 9.97. The predicted octanol–water partition coefficient (Wildman–Crippen LogP) is 4.40.